The summed E-state index contributed by atoms with van der Waals surface area (Å²) in [6.07, 6.45) is 1.12. The van der Waals surface area contributed by atoms with Crippen molar-refractivity contribution in [3.05, 3.63) is 89.2 Å². The highest BCUT2D eigenvalue weighted by Gasteiger charge is 2.20. The molecule has 0 spiro atoms. The third-order valence-electron chi connectivity index (χ3n) is 5.03. The Morgan fingerprint density at radius 1 is 0.968 bits per heavy atom. The lowest BCUT2D eigenvalue weighted by Gasteiger charge is -2.14. The molecule has 0 radical (unpaired) electrons. The van der Waals surface area contributed by atoms with Gasteiger partial charge in [-0.1, -0.05) is 36.4 Å². The van der Waals surface area contributed by atoms with E-state index in [2.05, 4.69) is 0 Å². The highest BCUT2D eigenvalue weighted by Crippen LogP contribution is 2.36. The minimum atomic E-state index is -1.00. The summed E-state index contributed by atoms with van der Waals surface area (Å²) in [5.74, 6) is -1.69. The van der Waals surface area contributed by atoms with Crippen LogP contribution in [0.25, 0.3) is 22.1 Å². The highest BCUT2D eigenvalue weighted by molar-refractivity contribution is 5.94. The molecule has 7 heteroatoms. The van der Waals surface area contributed by atoms with Gasteiger partial charge in [0, 0.05) is 34.4 Å². The average molecular weight is 423 g/mol. The van der Waals surface area contributed by atoms with Crippen molar-refractivity contribution < 1.29 is 27.8 Å². The van der Waals surface area contributed by atoms with Gasteiger partial charge in [-0.2, -0.15) is 0 Å². The van der Waals surface area contributed by atoms with Crippen molar-refractivity contribution in [2.24, 2.45) is 5.73 Å². The minimum Gasteiger partial charge on any atom is -0.488 e. The van der Waals surface area contributed by atoms with E-state index < -0.39 is 17.6 Å². The molecule has 5 nitrogen and oxygen atoms in total. The SMILES string of the molecule is NCc1cccc(-c2cc(COc3ccccc3CC(=O)O)c(F)c3ccoc23)c1F. The monoisotopic (exact) mass is 423 g/mol. The average Bonchev–Trinajstić information content (AvgIpc) is 3.25. The molecule has 4 rings (SSSR count). The number of carboxylic acids is 1. The molecular weight excluding hydrogens is 404 g/mol. The molecule has 158 valence electrons. The van der Waals surface area contributed by atoms with Gasteiger partial charge in [-0.15, -0.1) is 0 Å². The number of benzene rings is 3. The number of para-hydroxylation sites is 1. The summed E-state index contributed by atoms with van der Waals surface area (Å²) >= 11 is 0. The number of furan rings is 1. The molecule has 0 saturated carbocycles. The lowest BCUT2D eigenvalue weighted by Crippen LogP contribution is -2.05. The molecule has 0 aliphatic rings. The Hall–Kier alpha value is -3.71. The molecule has 0 aliphatic heterocycles. The zero-order chi connectivity index (χ0) is 22.0. The maximum absolute atomic E-state index is 15.1. The van der Waals surface area contributed by atoms with Crippen molar-refractivity contribution in [1.29, 1.82) is 0 Å². The Bertz CT molecular complexity index is 1270. The lowest BCUT2D eigenvalue weighted by molar-refractivity contribution is -0.136. The van der Waals surface area contributed by atoms with Crippen LogP contribution in [0.3, 0.4) is 0 Å². The van der Waals surface area contributed by atoms with Crippen molar-refractivity contribution in [3.8, 4) is 16.9 Å². The zero-order valence-electron chi connectivity index (χ0n) is 16.4. The quantitative estimate of drug-likeness (QED) is 0.435. The summed E-state index contributed by atoms with van der Waals surface area (Å²) < 4.78 is 41.3. The fourth-order valence-corrected chi connectivity index (χ4v) is 3.53. The van der Waals surface area contributed by atoms with E-state index in [9.17, 15) is 9.18 Å². The van der Waals surface area contributed by atoms with Gasteiger partial charge in [0.1, 0.15) is 29.6 Å². The molecule has 0 fully saturated rings. The zero-order valence-corrected chi connectivity index (χ0v) is 16.4. The van der Waals surface area contributed by atoms with Gasteiger partial charge in [0.05, 0.1) is 18.1 Å². The number of hydrogen-bond donors (Lipinski definition) is 2. The molecule has 0 saturated heterocycles. The van der Waals surface area contributed by atoms with E-state index in [-0.39, 0.29) is 41.7 Å². The third-order valence-corrected chi connectivity index (χ3v) is 5.03. The maximum Gasteiger partial charge on any atom is 0.307 e. The molecule has 0 unspecified atom stereocenters. The number of rotatable bonds is 7. The van der Waals surface area contributed by atoms with Crippen LogP contribution < -0.4 is 10.5 Å². The molecule has 31 heavy (non-hydrogen) atoms. The molecule has 0 amide bonds. The van der Waals surface area contributed by atoms with E-state index in [1.54, 1.807) is 42.5 Å². The Kier molecular flexibility index (Phi) is 5.68. The summed E-state index contributed by atoms with van der Waals surface area (Å²) in [7, 11) is 0. The van der Waals surface area contributed by atoms with E-state index in [4.69, 9.17) is 20.0 Å². The van der Waals surface area contributed by atoms with Gasteiger partial charge < -0.3 is 20.0 Å². The molecule has 4 aromatic rings. The number of carboxylic acid groups (broad SMARTS) is 1. The highest BCUT2D eigenvalue weighted by atomic mass is 19.1. The van der Waals surface area contributed by atoms with Gasteiger partial charge in [0.2, 0.25) is 0 Å². The normalized spacial score (nSPS) is 11.1. The largest absolute Gasteiger partial charge is 0.488 e. The minimum absolute atomic E-state index is 0.0263. The van der Waals surface area contributed by atoms with Crippen LogP contribution >= 0.6 is 0 Å². The topological polar surface area (TPSA) is 85.7 Å². The molecule has 0 atom stereocenters. The Morgan fingerprint density at radius 3 is 2.52 bits per heavy atom. The second-order valence-corrected chi connectivity index (χ2v) is 7.01. The molecule has 0 aliphatic carbocycles. The molecular formula is C24H19F2NO4. The van der Waals surface area contributed by atoms with Gasteiger partial charge >= 0.3 is 5.97 Å². The predicted molar refractivity (Wildman–Crippen MR) is 112 cm³/mol. The van der Waals surface area contributed by atoms with Crippen LogP contribution in [0.15, 0.2) is 65.3 Å². The van der Waals surface area contributed by atoms with Gasteiger partial charge in [-0.25, -0.2) is 8.78 Å². The van der Waals surface area contributed by atoms with Crippen molar-refractivity contribution in [2.45, 2.75) is 19.6 Å². The third kappa shape index (κ3) is 4.00. The summed E-state index contributed by atoms with van der Waals surface area (Å²) in [5.41, 5.74) is 7.46. The van der Waals surface area contributed by atoms with Crippen LogP contribution in [0.2, 0.25) is 0 Å². The van der Waals surface area contributed by atoms with Crippen LogP contribution in [0.1, 0.15) is 16.7 Å². The van der Waals surface area contributed by atoms with Gasteiger partial charge in [0.25, 0.3) is 0 Å². The van der Waals surface area contributed by atoms with Crippen LogP contribution in [0, 0.1) is 11.6 Å². The molecule has 1 heterocycles. The van der Waals surface area contributed by atoms with E-state index in [1.165, 1.54) is 18.4 Å². The Labute approximate surface area is 176 Å². The van der Waals surface area contributed by atoms with Gasteiger partial charge in [0.15, 0.2) is 0 Å². The fraction of sp³-hybridized carbons (Fsp3) is 0.125. The first kappa shape index (κ1) is 20.6. The summed E-state index contributed by atoms with van der Waals surface area (Å²) in [6, 6.07) is 14.5. The van der Waals surface area contributed by atoms with Crippen molar-refractivity contribution in [1.82, 2.24) is 0 Å². The number of ether oxygens (including phenoxy) is 1. The van der Waals surface area contributed by atoms with Crippen LogP contribution in [-0.2, 0) is 24.4 Å². The number of halogens is 2. The molecule has 0 bridgehead atoms. The first-order valence-corrected chi connectivity index (χ1v) is 9.58. The van der Waals surface area contributed by atoms with Crippen molar-refractivity contribution in [2.75, 3.05) is 0 Å². The van der Waals surface area contributed by atoms with Gasteiger partial charge in [-0.05, 0) is 18.2 Å². The Morgan fingerprint density at radius 2 is 1.74 bits per heavy atom. The number of fused-ring (bicyclic) bond motifs is 1. The maximum atomic E-state index is 15.1. The van der Waals surface area contributed by atoms with E-state index >= 15 is 4.39 Å². The van der Waals surface area contributed by atoms with Crippen molar-refractivity contribution in [3.63, 3.8) is 0 Å². The Balaban J connectivity index is 1.76. The second-order valence-electron chi connectivity index (χ2n) is 7.01. The standard InChI is InChI=1S/C24H19F2NO4/c25-22-15(12-27)5-3-6-17(22)19-10-16(23(26)18-8-9-30-24(18)19)13-31-20-7-2-1-4-14(20)11-21(28)29/h1-10H,11-13,27H2,(H,28,29). The first-order valence-electron chi connectivity index (χ1n) is 9.58. The number of nitrogens with two attached hydrogens (primary N) is 1. The summed E-state index contributed by atoms with van der Waals surface area (Å²) in [4.78, 5) is 11.1. The van der Waals surface area contributed by atoms with Crippen LogP contribution in [-0.4, -0.2) is 11.1 Å². The molecule has 3 N–H and O–H groups in total. The van der Waals surface area contributed by atoms with Crippen LogP contribution in [0.5, 0.6) is 5.75 Å². The van der Waals surface area contributed by atoms with E-state index in [1.807, 2.05) is 0 Å². The summed E-state index contributed by atoms with van der Waals surface area (Å²) in [6.45, 7) is -0.146. The number of carbonyl (C=O) groups is 1. The van der Waals surface area contributed by atoms with E-state index in [0.29, 0.717) is 22.4 Å². The molecule has 1 aromatic heterocycles. The lowest BCUT2D eigenvalue weighted by atomic mass is 9.97. The number of aliphatic carboxylic acids is 1. The van der Waals surface area contributed by atoms with Crippen molar-refractivity contribution >= 4 is 16.9 Å². The predicted octanol–water partition coefficient (Wildman–Crippen LogP) is 5.04. The van der Waals surface area contributed by atoms with Crippen LogP contribution in [0.4, 0.5) is 8.78 Å². The number of hydrogen-bond acceptors (Lipinski definition) is 4. The van der Waals surface area contributed by atoms with Gasteiger partial charge in [-0.3, -0.25) is 4.79 Å². The van der Waals surface area contributed by atoms with E-state index in [0.717, 1.165) is 0 Å². The summed E-state index contributed by atoms with van der Waals surface area (Å²) in [5, 5.41) is 9.28. The second kappa shape index (κ2) is 8.57. The first-order chi connectivity index (χ1) is 15.0. The molecule has 3 aromatic carbocycles. The fourth-order valence-electron chi connectivity index (χ4n) is 3.53. The smallest absolute Gasteiger partial charge is 0.307 e.